The molecular formula is C11H23NO. The highest BCUT2D eigenvalue weighted by Crippen LogP contribution is 2.27. The van der Waals surface area contributed by atoms with Crippen LogP contribution in [-0.4, -0.2) is 23.8 Å². The summed E-state index contributed by atoms with van der Waals surface area (Å²) in [6.07, 6.45) is 3.66. The molecule has 0 aromatic carbocycles. The van der Waals surface area contributed by atoms with Gasteiger partial charge in [-0.1, -0.05) is 20.8 Å². The Hall–Kier alpha value is -0.0800. The first-order valence-corrected chi connectivity index (χ1v) is 5.48. The number of aliphatic hydroxyl groups excluding tert-OH is 1. The van der Waals surface area contributed by atoms with E-state index in [-0.39, 0.29) is 6.61 Å². The first-order chi connectivity index (χ1) is 6.11. The first-order valence-electron chi connectivity index (χ1n) is 5.48. The van der Waals surface area contributed by atoms with E-state index >= 15 is 0 Å². The molecule has 78 valence electrons. The van der Waals surface area contributed by atoms with Gasteiger partial charge in [-0.25, -0.2) is 0 Å². The molecule has 2 N–H and O–H groups in total. The zero-order chi connectivity index (χ0) is 9.84. The molecule has 1 saturated carbocycles. The maximum Gasteiger partial charge on any atom is 0.0584 e. The number of nitrogens with one attached hydrogen (secondary N) is 1. The molecule has 0 radical (unpaired) electrons. The maximum absolute atomic E-state index is 9.15. The van der Waals surface area contributed by atoms with Crippen LogP contribution in [0.4, 0.5) is 0 Å². The van der Waals surface area contributed by atoms with Crippen molar-refractivity contribution in [2.24, 2.45) is 11.8 Å². The molecule has 0 amide bonds. The van der Waals surface area contributed by atoms with Crippen molar-refractivity contribution in [3.63, 3.8) is 0 Å². The van der Waals surface area contributed by atoms with Crippen molar-refractivity contribution in [2.75, 3.05) is 6.61 Å². The molecular weight excluding hydrogens is 162 g/mol. The minimum Gasteiger partial charge on any atom is -0.395 e. The van der Waals surface area contributed by atoms with E-state index in [0.717, 1.165) is 12.3 Å². The van der Waals surface area contributed by atoms with E-state index in [4.69, 9.17) is 5.11 Å². The predicted octanol–water partition coefficient (Wildman–Crippen LogP) is 1.78. The highest BCUT2D eigenvalue weighted by Gasteiger charge is 2.27. The lowest BCUT2D eigenvalue weighted by molar-refractivity contribution is 0.165. The standard InChI is InChI=1S/C11H23NO/c1-8(2)4-11(7-13)12-10-5-9(3)6-10/h8-13H,4-7H2,1-3H3. The lowest BCUT2D eigenvalue weighted by atomic mass is 9.81. The van der Waals surface area contributed by atoms with E-state index in [2.05, 4.69) is 26.1 Å². The molecule has 0 aromatic heterocycles. The number of hydrogen-bond donors (Lipinski definition) is 2. The van der Waals surface area contributed by atoms with Gasteiger partial charge in [-0.15, -0.1) is 0 Å². The summed E-state index contributed by atoms with van der Waals surface area (Å²) in [5.41, 5.74) is 0. The Labute approximate surface area is 81.7 Å². The van der Waals surface area contributed by atoms with Crippen LogP contribution >= 0.6 is 0 Å². The number of hydrogen-bond acceptors (Lipinski definition) is 2. The van der Waals surface area contributed by atoms with Gasteiger partial charge < -0.3 is 10.4 Å². The highest BCUT2D eigenvalue weighted by atomic mass is 16.3. The fraction of sp³-hybridized carbons (Fsp3) is 1.00. The van der Waals surface area contributed by atoms with Crippen LogP contribution in [0.1, 0.15) is 40.0 Å². The molecule has 1 aliphatic rings. The van der Waals surface area contributed by atoms with E-state index in [1.54, 1.807) is 0 Å². The van der Waals surface area contributed by atoms with Crippen molar-refractivity contribution < 1.29 is 5.11 Å². The largest absolute Gasteiger partial charge is 0.395 e. The lowest BCUT2D eigenvalue weighted by Gasteiger charge is -2.36. The van der Waals surface area contributed by atoms with Gasteiger partial charge >= 0.3 is 0 Å². The summed E-state index contributed by atoms with van der Waals surface area (Å²) < 4.78 is 0. The normalized spacial score (nSPS) is 30.2. The molecule has 1 fully saturated rings. The van der Waals surface area contributed by atoms with Gasteiger partial charge in [0, 0.05) is 12.1 Å². The van der Waals surface area contributed by atoms with Crippen LogP contribution in [0.2, 0.25) is 0 Å². The van der Waals surface area contributed by atoms with Crippen molar-refractivity contribution >= 4 is 0 Å². The topological polar surface area (TPSA) is 32.3 Å². The Morgan fingerprint density at radius 1 is 1.38 bits per heavy atom. The summed E-state index contributed by atoms with van der Waals surface area (Å²) >= 11 is 0. The quantitative estimate of drug-likeness (QED) is 0.684. The molecule has 2 heteroatoms. The Morgan fingerprint density at radius 2 is 2.00 bits per heavy atom. The van der Waals surface area contributed by atoms with Gasteiger partial charge in [-0.3, -0.25) is 0 Å². The Morgan fingerprint density at radius 3 is 2.38 bits per heavy atom. The van der Waals surface area contributed by atoms with E-state index < -0.39 is 0 Å². The van der Waals surface area contributed by atoms with Crippen LogP contribution in [0.25, 0.3) is 0 Å². The van der Waals surface area contributed by atoms with Crippen molar-refractivity contribution in [1.82, 2.24) is 5.32 Å². The van der Waals surface area contributed by atoms with Gasteiger partial charge in [0.15, 0.2) is 0 Å². The van der Waals surface area contributed by atoms with E-state index in [1.807, 2.05) is 0 Å². The van der Waals surface area contributed by atoms with Crippen LogP contribution in [0.15, 0.2) is 0 Å². The monoisotopic (exact) mass is 185 g/mol. The molecule has 1 aliphatic carbocycles. The Balaban J connectivity index is 2.16. The van der Waals surface area contributed by atoms with Crippen LogP contribution in [0.3, 0.4) is 0 Å². The summed E-state index contributed by atoms with van der Waals surface area (Å²) in [5.74, 6) is 1.55. The third kappa shape index (κ3) is 3.65. The molecule has 0 spiro atoms. The molecule has 1 unspecified atom stereocenters. The molecule has 2 nitrogen and oxygen atoms in total. The van der Waals surface area contributed by atoms with Gasteiger partial charge in [0.2, 0.25) is 0 Å². The summed E-state index contributed by atoms with van der Waals surface area (Å²) in [5, 5.41) is 12.7. The summed E-state index contributed by atoms with van der Waals surface area (Å²) in [7, 11) is 0. The van der Waals surface area contributed by atoms with Crippen molar-refractivity contribution in [3.05, 3.63) is 0 Å². The smallest absolute Gasteiger partial charge is 0.0584 e. The second-order valence-corrected chi connectivity index (χ2v) is 4.95. The summed E-state index contributed by atoms with van der Waals surface area (Å²) in [6, 6.07) is 0.989. The maximum atomic E-state index is 9.15. The van der Waals surface area contributed by atoms with E-state index in [1.165, 1.54) is 12.8 Å². The summed E-state index contributed by atoms with van der Waals surface area (Å²) in [4.78, 5) is 0. The minimum absolute atomic E-state index is 0.281. The molecule has 0 bridgehead atoms. The molecule has 1 atom stereocenters. The average molecular weight is 185 g/mol. The molecule has 13 heavy (non-hydrogen) atoms. The second-order valence-electron chi connectivity index (χ2n) is 4.95. The Bertz CT molecular complexity index is 141. The summed E-state index contributed by atoms with van der Waals surface area (Å²) in [6.45, 7) is 6.97. The van der Waals surface area contributed by atoms with Gasteiger partial charge in [-0.05, 0) is 31.1 Å². The average Bonchev–Trinajstić information content (AvgIpc) is 1.99. The molecule has 0 saturated heterocycles. The molecule has 0 aromatic rings. The third-order valence-corrected chi connectivity index (χ3v) is 2.82. The lowest BCUT2D eigenvalue weighted by Crippen LogP contribution is -2.47. The van der Waals surface area contributed by atoms with Crippen LogP contribution in [-0.2, 0) is 0 Å². The van der Waals surface area contributed by atoms with Gasteiger partial charge in [0.25, 0.3) is 0 Å². The van der Waals surface area contributed by atoms with Gasteiger partial charge in [-0.2, -0.15) is 0 Å². The SMILES string of the molecule is CC(C)CC(CO)NC1CC(C)C1. The van der Waals surface area contributed by atoms with Gasteiger partial charge in [0.05, 0.1) is 6.61 Å². The van der Waals surface area contributed by atoms with Crippen LogP contribution < -0.4 is 5.32 Å². The van der Waals surface area contributed by atoms with E-state index in [0.29, 0.717) is 18.0 Å². The first kappa shape index (κ1) is 11.0. The van der Waals surface area contributed by atoms with Crippen molar-refractivity contribution in [2.45, 2.75) is 52.1 Å². The fourth-order valence-electron chi connectivity index (χ4n) is 2.14. The zero-order valence-corrected chi connectivity index (χ0v) is 9.09. The van der Waals surface area contributed by atoms with Gasteiger partial charge in [0.1, 0.15) is 0 Å². The predicted molar refractivity (Wildman–Crippen MR) is 55.7 cm³/mol. The number of rotatable bonds is 5. The van der Waals surface area contributed by atoms with E-state index in [9.17, 15) is 0 Å². The van der Waals surface area contributed by atoms with Crippen LogP contribution in [0, 0.1) is 11.8 Å². The van der Waals surface area contributed by atoms with Crippen LogP contribution in [0.5, 0.6) is 0 Å². The molecule has 0 aliphatic heterocycles. The third-order valence-electron chi connectivity index (χ3n) is 2.82. The zero-order valence-electron chi connectivity index (χ0n) is 9.09. The second kappa shape index (κ2) is 4.97. The minimum atomic E-state index is 0.281. The molecule has 1 rings (SSSR count). The number of aliphatic hydroxyl groups is 1. The highest BCUT2D eigenvalue weighted by molar-refractivity contribution is 4.85. The Kier molecular flexibility index (Phi) is 4.20. The van der Waals surface area contributed by atoms with Crippen molar-refractivity contribution in [1.29, 1.82) is 0 Å². The fourth-order valence-corrected chi connectivity index (χ4v) is 2.14. The molecule has 0 heterocycles. The van der Waals surface area contributed by atoms with Crippen molar-refractivity contribution in [3.8, 4) is 0 Å².